The Morgan fingerprint density at radius 1 is 1.36 bits per heavy atom. The molecule has 1 aliphatic heterocycles. The molecule has 1 unspecified atom stereocenters. The molecule has 0 aromatic carbocycles. The monoisotopic (exact) mass is 426 g/mol. The third kappa shape index (κ3) is 4.98. The van der Waals surface area contributed by atoms with Crippen molar-refractivity contribution in [1.82, 2.24) is 5.32 Å². The largest absolute Gasteiger partial charge is 0.459 e. The number of rotatable bonds is 6. The van der Waals surface area contributed by atoms with Crippen LogP contribution in [0.3, 0.4) is 0 Å². The molecule has 3 rings (SSSR count). The van der Waals surface area contributed by atoms with Gasteiger partial charge in [-0.05, 0) is 37.1 Å². The lowest BCUT2D eigenvalue weighted by atomic mass is 10.2. The average molecular weight is 426 g/mol. The van der Waals surface area contributed by atoms with Gasteiger partial charge in [0.1, 0.15) is 4.88 Å². The summed E-state index contributed by atoms with van der Waals surface area (Å²) in [6, 6.07) is 4.26. The molecule has 1 fully saturated rings. The molecule has 1 aliphatic rings. The van der Waals surface area contributed by atoms with Gasteiger partial charge in [-0.3, -0.25) is 9.59 Å². The fourth-order valence-electron chi connectivity index (χ4n) is 2.70. The van der Waals surface area contributed by atoms with Gasteiger partial charge in [-0.2, -0.15) is 0 Å². The van der Waals surface area contributed by atoms with Gasteiger partial charge < -0.3 is 19.8 Å². The van der Waals surface area contributed by atoms with E-state index in [2.05, 4.69) is 10.6 Å². The molecule has 2 aromatic heterocycles. The molecular formula is C17H18N2O7S2. The van der Waals surface area contributed by atoms with Crippen molar-refractivity contribution in [2.75, 3.05) is 23.4 Å². The highest BCUT2D eigenvalue weighted by Gasteiger charge is 2.29. The Bertz CT molecular complexity index is 993. The van der Waals surface area contributed by atoms with Crippen LogP contribution in [0, 0.1) is 6.92 Å². The van der Waals surface area contributed by atoms with E-state index < -0.39 is 40.3 Å². The maximum absolute atomic E-state index is 12.2. The Balaban J connectivity index is 1.52. The minimum absolute atomic E-state index is 0.0403. The summed E-state index contributed by atoms with van der Waals surface area (Å²) in [7, 11) is -3.11. The molecule has 11 heteroatoms. The van der Waals surface area contributed by atoms with Gasteiger partial charge in [0.2, 0.25) is 0 Å². The van der Waals surface area contributed by atoms with Crippen LogP contribution in [-0.2, 0) is 19.4 Å². The van der Waals surface area contributed by atoms with Crippen LogP contribution in [0.1, 0.15) is 32.2 Å². The van der Waals surface area contributed by atoms with Crippen LogP contribution in [-0.4, -0.2) is 50.4 Å². The minimum atomic E-state index is -3.11. The molecule has 0 radical (unpaired) electrons. The molecule has 28 heavy (non-hydrogen) atoms. The van der Waals surface area contributed by atoms with Crippen LogP contribution < -0.4 is 10.6 Å². The van der Waals surface area contributed by atoms with Crippen molar-refractivity contribution in [3.05, 3.63) is 40.7 Å². The first-order chi connectivity index (χ1) is 13.2. The minimum Gasteiger partial charge on any atom is -0.459 e. The Kier molecular flexibility index (Phi) is 5.84. The summed E-state index contributed by atoms with van der Waals surface area (Å²) in [5, 5.41) is 5.60. The summed E-state index contributed by atoms with van der Waals surface area (Å²) in [6.07, 6.45) is 1.73. The van der Waals surface area contributed by atoms with E-state index in [1.54, 1.807) is 19.1 Å². The molecule has 1 saturated heterocycles. The number of anilines is 1. The van der Waals surface area contributed by atoms with E-state index in [0.717, 1.165) is 11.3 Å². The second-order valence-corrected chi connectivity index (χ2v) is 9.58. The van der Waals surface area contributed by atoms with E-state index in [1.165, 1.54) is 12.3 Å². The van der Waals surface area contributed by atoms with E-state index in [1.807, 2.05) is 0 Å². The second-order valence-electron chi connectivity index (χ2n) is 6.30. The topological polar surface area (TPSA) is 132 Å². The number of furan rings is 1. The van der Waals surface area contributed by atoms with Crippen LogP contribution in [0.25, 0.3) is 0 Å². The summed E-state index contributed by atoms with van der Waals surface area (Å²) in [5.74, 6) is -1.63. The van der Waals surface area contributed by atoms with E-state index in [4.69, 9.17) is 9.15 Å². The summed E-state index contributed by atoms with van der Waals surface area (Å²) in [6.45, 7) is 1.17. The number of aryl methyl sites for hydroxylation is 1. The highest BCUT2D eigenvalue weighted by atomic mass is 32.2. The molecule has 0 saturated carbocycles. The molecule has 2 aromatic rings. The number of hydrogen-bond acceptors (Lipinski definition) is 8. The average Bonchev–Trinajstić information content (AvgIpc) is 3.33. The van der Waals surface area contributed by atoms with Gasteiger partial charge in [-0.15, -0.1) is 11.3 Å². The first-order valence-electron chi connectivity index (χ1n) is 8.36. The van der Waals surface area contributed by atoms with Crippen molar-refractivity contribution in [3.8, 4) is 0 Å². The van der Waals surface area contributed by atoms with E-state index in [0.29, 0.717) is 17.0 Å². The van der Waals surface area contributed by atoms with Gasteiger partial charge >= 0.3 is 5.97 Å². The van der Waals surface area contributed by atoms with Crippen molar-refractivity contribution in [3.63, 3.8) is 0 Å². The SMILES string of the molecule is Cc1cc(NC(=O)c2ccco2)sc1C(=O)OCC(=O)NC1CCS(=O)(=O)C1. The van der Waals surface area contributed by atoms with Gasteiger partial charge in [0, 0.05) is 6.04 Å². The molecule has 9 nitrogen and oxygen atoms in total. The van der Waals surface area contributed by atoms with Crippen molar-refractivity contribution in [2.45, 2.75) is 19.4 Å². The highest BCUT2D eigenvalue weighted by Crippen LogP contribution is 2.27. The fraction of sp³-hybridized carbons (Fsp3) is 0.353. The lowest BCUT2D eigenvalue weighted by Gasteiger charge is -2.10. The van der Waals surface area contributed by atoms with Gasteiger partial charge in [0.25, 0.3) is 11.8 Å². The maximum Gasteiger partial charge on any atom is 0.349 e. The third-order valence-electron chi connectivity index (χ3n) is 4.02. The zero-order valence-electron chi connectivity index (χ0n) is 14.9. The Morgan fingerprint density at radius 2 is 2.14 bits per heavy atom. The van der Waals surface area contributed by atoms with Crippen LogP contribution in [0.5, 0.6) is 0 Å². The van der Waals surface area contributed by atoms with Crippen LogP contribution in [0.15, 0.2) is 28.9 Å². The smallest absolute Gasteiger partial charge is 0.349 e. The van der Waals surface area contributed by atoms with Crippen LogP contribution in [0.2, 0.25) is 0 Å². The Hall–Kier alpha value is -2.66. The summed E-state index contributed by atoms with van der Waals surface area (Å²) in [5.41, 5.74) is 0.590. The first kappa shape index (κ1) is 20.1. The number of nitrogens with one attached hydrogen (secondary N) is 2. The van der Waals surface area contributed by atoms with Gasteiger partial charge in [0.05, 0.1) is 22.8 Å². The summed E-state index contributed by atoms with van der Waals surface area (Å²) >= 11 is 1.02. The van der Waals surface area contributed by atoms with Crippen molar-refractivity contribution < 1.29 is 32.0 Å². The number of sulfone groups is 1. The number of carbonyl (C=O) groups is 3. The van der Waals surface area contributed by atoms with E-state index in [-0.39, 0.29) is 22.1 Å². The zero-order chi connectivity index (χ0) is 20.3. The van der Waals surface area contributed by atoms with E-state index >= 15 is 0 Å². The number of thiophene rings is 1. The van der Waals surface area contributed by atoms with Gasteiger partial charge in [0.15, 0.2) is 22.2 Å². The predicted molar refractivity (Wildman–Crippen MR) is 101 cm³/mol. The van der Waals surface area contributed by atoms with Crippen molar-refractivity contribution in [2.24, 2.45) is 0 Å². The van der Waals surface area contributed by atoms with Gasteiger partial charge in [-0.25, -0.2) is 13.2 Å². The molecule has 0 bridgehead atoms. The van der Waals surface area contributed by atoms with E-state index in [9.17, 15) is 22.8 Å². The molecule has 0 aliphatic carbocycles. The third-order valence-corrected chi connectivity index (χ3v) is 6.92. The maximum atomic E-state index is 12.2. The summed E-state index contributed by atoms with van der Waals surface area (Å²) in [4.78, 5) is 36.3. The van der Waals surface area contributed by atoms with Crippen molar-refractivity contribution in [1.29, 1.82) is 0 Å². The van der Waals surface area contributed by atoms with Crippen LogP contribution in [0.4, 0.5) is 5.00 Å². The molecule has 2 N–H and O–H groups in total. The lowest BCUT2D eigenvalue weighted by Crippen LogP contribution is -2.38. The zero-order valence-corrected chi connectivity index (χ0v) is 16.5. The Labute approximate surface area is 165 Å². The number of amides is 2. The molecule has 1 atom stereocenters. The summed E-state index contributed by atoms with van der Waals surface area (Å²) < 4.78 is 32.8. The lowest BCUT2D eigenvalue weighted by molar-refractivity contribution is -0.124. The molecule has 0 spiro atoms. The molecular weight excluding hydrogens is 408 g/mol. The Morgan fingerprint density at radius 3 is 2.79 bits per heavy atom. The normalized spacial score (nSPS) is 17.8. The number of carbonyl (C=O) groups excluding carboxylic acids is 3. The number of hydrogen-bond donors (Lipinski definition) is 2. The quantitative estimate of drug-likeness (QED) is 0.667. The first-order valence-corrected chi connectivity index (χ1v) is 11.0. The van der Waals surface area contributed by atoms with Crippen LogP contribution >= 0.6 is 11.3 Å². The standard InChI is InChI=1S/C17H18N2O7S2/c1-10-7-14(19-16(21)12-3-2-5-25-12)27-15(10)17(22)26-8-13(20)18-11-4-6-28(23,24)9-11/h2-3,5,7,11H,4,6,8-9H2,1H3,(H,18,20)(H,19,21). The van der Waals surface area contributed by atoms with Crippen molar-refractivity contribution >= 4 is 44.0 Å². The number of ether oxygens (including phenoxy) is 1. The molecule has 3 heterocycles. The number of esters is 1. The molecule has 150 valence electrons. The fourth-order valence-corrected chi connectivity index (χ4v) is 5.34. The second kappa shape index (κ2) is 8.15. The van der Waals surface area contributed by atoms with Gasteiger partial charge in [-0.1, -0.05) is 0 Å². The highest BCUT2D eigenvalue weighted by molar-refractivity contribution is 7.91. The predicted octanol–water partition coefficient (Wildman–Crippen LogP) is 1.36. The molecule has 2 amide bonds.